The molecule has 0 spiro atoms. The fraction of sp³-hybridized carbons (Fsp3) is 0.375. The number of hydrogen-bond donors (Lipinski definition) is 1. The van der Waals surface area contributed by atoms with Gasteiger partial charge in [0.1, 0.15) is 5.60 Å². The normalized spacial score (nSPS) is 11.4. The van der Waals surface area contributed by atoms with E-state index in [1.54, 1.807) is 6.20 Å². The highest BCUT2D eigenvalue weighted by Gasteiger charge is 2.15. The van der Waals surface area contributed by atoms with Gasteiger partial charge in [-0.15, -0.1) is 0 Å². The Morgan fingerprint density at radius 2 is 2.14 bits per heavy atom. The van der Waals surface area contributed by atoms with E-state index in [9.17, 15) is 4.79 Å². The maximum Gasteiger partial charge on any atom is 0.308 e. The van der Waals surface area contributed by atoms with Crippen molar-refractivity contribution in [2.24, 2.45) is 0 Å². The zero-order valence-corrected chi connectivity index (χ0v) is 14.0. The minimum Gasteiger partial charge on any atom is -0.460 e. The number of fused-ring (bicyclic) bond motifs is 1. The van der Waals surface area contributed by atoms with E-state index in [4.69, 9.17) is 4.74 Å². The topological polar surface area (TPSA) is 51.2 Å². The van der Waals surface area contributed by atoms with Gasteiger partial charge in [-0.25, -0.2) is 0 Å². The number of carbonyl (C=O) groups is 1. The van der Waals surface area contributed by atoms with Crippen molar-refractivity contribution in [3.63, 3.8) is 0 Å². The summed E-state index contributed by atoms with van der Waals surface area (Å²) < 4.78 is 6.22. The minimum absolute atomic E-state index is 0.203. The van der Waals surface area contributed by atoms with E-state index in [1.165, 1.54) is 0 Å². The second-order valence-corrected chi connectivity index (χ2v) is 6.71. The standard InChI is InChI=1S/C16H19BrN2O2/c1-16(2,3)21-14(20)7-8-18-13-6-4-5-11-9-12(17)10-19-15(11)13/h4-6,9-10,18H,7-8H2,1-3H3. The summed E-state index contributed by atoms with van der Waals surface area (Å²) in [4.78, 5) is 16.1. The molecule has 1 heterocycles. The number of esters is 1. The third-order valence-electron chi connectivity index (χ3n) is 2.74. The first-order valence-electron chi connectivity index (χ1n) is 6.85. The number of nitrogens with one attached hydrogen (secondary N) is 1. The predicted molar refractivity (Wildman–Crippen MR) is 88.4 cm³/mol. The maximum absolute atomic E-state index is 11.7. The van der Waals surface area contributed by atoms with Gasteiger partial charge in [-0.05, 0) is 48.8 Å². The molecule has 0 aliphatic heterocycles. The molecule has 0 saturated carbocycles. The van der Waals surface area contributed by atoms with Gasteiger partial charge in [0.05, 0.1) is 17.6 Å². The van der Waals surface area contributed by atoms with Gasteiger partial charge in [0, 0.05) is 22.6 Å². The lowest BCUT2D eigenvalue weighted by Gasteiger charge is -2.19. The first kappa shape index (κ1) is 15.8. The van der Waals surface area contributed by atoms with Crippen LogP contribution in [0.15, 0.2) is 34.9 Å². The molecule has 0 bridgehead atoms. The van der Waals surface area contributed by atoms with Gasteiger partial charge in [-0.1, -0.05) is 12.1 Å². The Balaban J connectivity index is 1.99. The maximum atomic E-state index is 11.7. The van der Waals surface area contributed by atoms with Crippen LogP contribution in [0.2, 0.25) is 0 Å². The average Bonchev–Trinajstić information content (AvgIpc) is 2.36. The SMILES string of the molecule is CC(C)(C)OC(=O)CCNc1cccc2cc(Br)cnc12. The van der Waals surface area contributed by atoms with Gasteiger partial charge in [-0.3, -0.25) is 9.78 Å². The van der Waals surface area contributed by atoms with E-state index in [0.29, 0.717) is 13.0 Å². The number of carbonyl (C=O) groups excluding carboxylic acids is 1. The predicted octanol–water partition coefficient (Wildman–Crippen LogP) is 4.14. The molecule has 0 aliphatic carbocycles. The molecule has 5 heteroatoms. The molecular formula is C16H19BrN2O2. The molecular weight excluding hydrogens is 332 g/mol. The average molecular weight is 351 g/mol. The molecule has 2 aromatic rings. The minimum atomic E-state index is -0.440. The lowest BCUT2D eigenvalue weighted by molar-refractivity contribution is -0.154. The highest BCUT2D eigenvalue weighted by Crippen LogP contribution is 2.23. The molecule has 2 rings (SSSR count). The number of hydrogen-bond acceptors (Lipinski definition) is 4. The fourth-order valence-electron chi connectivity index (χ4n) is 1.97. The first-order chi connectivity index (χ1) is 9.85. The van der Waals surface area contributed by atoms with Crippen LogP contribution in [0.1, 0.15) is 27.2 Å². The number of halogens is 1. The summed E-state index contributed by atoms with van der Waals surface area (Å²) in [5, 5.41) is 4.29. The van der Waals surface area contributed by atoms with Crippen LogP contribution in [-0.2, 0) is 9.53 Å². The van der Waals surface area contributed by atoms with Crippen molar-refractivity contribution in [3.8, 4) is 0 Å². The molecule has 0 aliphatic rings. The van der Waals surface area contributed by atoms with Crippen molar-refractivity contribution in [2.45, 2.75) is 32.8 Å². The van der Waals surface area contributed by atoms with Crippen LogP contribution in [-0.4, -0.2) is 23.1 Å². The van der Waals surface area contributed by atoms with E-state index < -0.39 is 5.60 Å². The number of ether oxygens (including phenoxy) is 1. The highest BCUT2D eigenvalue weighted by atomic mass is 79.9. The number of benzene rings is 1. The summed E-state index contributed by atoms with van der Waals surface area (Å²) in [7, 11) is 0. The van der Waals surface area contributed by atoms with Crippen molar-refractivity contribution < 1.29 is 9.53 Å². The van der Waals surface area contributed by atoms with Gasteiger partial charge in [0.15, 0.2) is 0 Å². The van der Waals surface area contributed by atoms with Crippen LogP contribution in [0, 0.1) is 0 Å². The number of aromatic nitrogens is 1. The summed E-state index contributed by atoms with van der Waals surface area (Å²) in [6.45, 7) is 6.12. The lowest BCUT2D eigenvalue weighted by Crippen LogP contribution is -2.25. The molecule has 1 N–H and O–H groups in total. The van der Waals surface area contributed by atoms with Gasteiger partial charge in [0.2, 0.25) is 0 Å². The molecule has 0 radical (unpaired) electrons. The molecule has 0 unspecified atom stereocenters. The van der Waals surface area contributed by atoms with E-state index in [1.807, 2.05) is 45.0 Å². The molecule has 0 amide bonds. The zero-order chi connectivity index (χ0) is 15.5. The number of anilines is 1. The Kier molecular flexibility index (Phi) is 4.83. The smallest absolute Gasteiger partial charge is 0.308 e. The molecule has 1 aromatic carbocycles. The molecule has 112 valence electrons. The van der Waals surface area contributed by atoms with Crippen molar-refractivity contribution in [1.82, 2.24) is 4.98 Å². The van der Waals surface area contributed by atoms with Crippen molar-refractivity contribution in [3.05, 3.63) is 34.9 Å². The monoisotopic (exact) mass is 350 g/mol. The van der Waals surface area contributed by atoms with Crippen molar-refractivity contribution in [1.29, 1.82) is 0 Å². The van der Waals surface area contributed by atoms with Crippen LogP contribution >= 0.6 is 15.9 Å². The van der Waals surface area contributed by atoms with Gasteiger partial charge in [0.25, 0.3) is 0 Å². The second kappa shape index (κ2) is 6.43. The third-order valence-corrected chi connectivity index (χ3v) is 3.18. The molecule has 0 atom stereocenters. The van der Waals surface area contributed by atoms with Crippen LogP contribution in [0.5, 0.6) is 0 Å². The second-order valence-electron chi connectivity index (χ2n) is 5.79. The van der Waals surface area contributed by atoms with Gasteiger partial charge in [-0.2, -0.15) is 0 Å². The summed E-state index contributed by atoms with van der Waals surface area (Å²) in [6, 6.07) is 7.94. The van der Waals surface area contributed by atoms with Gasteiger partial charge >= 0.3 is 5.97 Å². The van der Waals surface area contributed by atoms with Crippen LogP contribution in [0.4, 0.5) is 5.69 Å². The van der Waals surface area contributed by atoms with E-state index in [2.05, 4.69) is 26.2 Å². The van der Waals surface area contributed by atoms with Crippen LogP contribution in [0.25, 0.3) is 10.9 Å². The Labute approximate surface area is 133 Å². The number of pyridine rings is 1. The Hall–Kier alpha value is -1.62. The molecule has 21 heavy (non-hydrogen) atoms. The van der Waals surface area contributed by atoms with Crippen molar-refractivity contribution >= 4 is 38.5 Å². The molecule has 0 saturated heterocycles. The number of rotatable bonds is 4. The Morgan fingerprint density at radius 3 is 2.86 bits per heavy atom. The quantitative estimate of drug-likeness (QED) is 0.841. The van der Waals surface area contributed by atoms with Crippen LogP contribution < -0.4 is 5.32 Å². The number of para-hydroxylation sites is 1. The zero-order valence-electron chi connectivity index (χ0n) is 12.4. The van der Waals surface area contributed by atoms with E-state index in [-0.39, 0.29) is 5.97 Å². The Morgan fingerprint density at radius 1 is 1.38 bits per heavy atom. The largest absolute Gasteiger partial charge is 0.460 e. The van der Waals surface area contributed by atoms with Crippen LogP contribution in [0.3, 0.4) is 0 Å². The highest BCUT2D eigenvalue weighted by molar-refractivity contribution is 9.10. The summed E-state index contributed by atoms with van der Waals surface area (Å²) in [6.07, 6.45) is 2.09. The van der Waals surface area contributed by atoms with Gasteiger partial charge < -0.3 is 10.1 Å². The first-order valence-corrected chi connectivity index (χ1v) is 7.64. The summed E-state index contributed by atoms with van der Waals surface area (Å²) >= 11 is 3.41. The number of nitrogens with zero attached hydrogens (tertiary/aromatic N) is 1. The Bertz CT molecular complexity index is 650. The molecule has 0 fully saturated rings. The van der Waals surface area contributed by atoms with E-state index >= 15 is 0 Å². The third kappa shape index (κ3) is 4.70. The summed E-state index contributed by atoms with van der Waals surface area (Å²) in [5.41, 5.74) is 1.37. The lowest BCUT2D eigenvalue weighted by atomic mass is 10.2. The summed E-state index contributed by atoms with van der Waals surface area (Å²) in [5.74, 6) is -0.203. The van der Waals surface area contributed by atoms with Crippen molar-refractivity contribution in [2.75, 3.05) is 11.9 Å². The van der Waals surface area contributed by atoms with E-state index in [0.717, 1.165) is 21.1 Å². The fourth-order valence-corrected chi connectivity index (χ4v) is 2.32. The molecule has 1 aromatic heterocycles. The molecule has 4 nitrogen and oxygen atoms in total.